The number of amides is 1. The number of nitrogens with one attached hydrogen (secondary N) is 1. The van der Waals surface area contributed by atoms with E-state index >= 15 is 0 Å². The first-order chi connectivity index (χ1) is 10.1. The summed E-state index contributed by atoms with van der Waals surface area (Å²) in [4.78, 5) is 22.9. The number of nitrogens with zero attached hydrogens (tertiary/aromatic N) is 3. The third kappa shape index (κ3) is 5.67. The molecule has 118 valence electrons. The first-order valence-corrected chi connectivity index (χ1v) is 7.58. The molecule has 0 unspecified atom stereocenters. The van der Waals surface area contributed by atoms with Gasteiger partial charge in [0.1, 0.15) is 5.69 Å². The van der Waals surface area contributed by atoms with Crippen LogP contribution < -0.4 is 10.2 Å². The number of hydrogen-bond donors (Lipinski definition) is 1. The Morgan fingerprint density at radius 2 is 2.00 bits per heavy atom. The van der Waals surface area contributed by atoms with E-state index < -0.39 is 0 Å². The summed E-state index contributed by atoms with van der Waals surface area (Å²) in [5, 5.41) is 2.86. The summed E-state index contributed by atoms with van der Waals surface area (Å²) in [6, 6.07) is 1.71. The van der Waals surface area contributed by atoms with Gasteiger partial charge in [-0.25, -0.2) is 9.97 Å². The lowest BCUT2D eigenvalue weighted by molar-refractivity contribution is 0.0939. The predicted octanol–water partition coefficient (Wildman–Crippen LogP) is 1.79. The fraction of sp³-hybridized carbons (Fsp3) is 0.667. The minimum atomic E-state index is -0.162. The second kappa shape index (κ2) is 9.28. The zero-order valence-electron chi connectivity index (χ0n) is 13.5. The zero-order valence-corrected chi connectivity index (χ0v) is 13.5. The van der Waals surface area contributed by atoms with Crippen LogP contribution in [0.1, 0.15) is 43.4 Å². The number of anilines is 1. The molecule has 0 saturated carbocycles. The maximum Gasteiger partial charge on any atom is 0.270 e. The smallest absolute Gasteiger partial charge is 0.270 e. The molecule has 1 rings (SSSR count). The Bertz CT molecular complexity index is 447. The van der Waals surface area contributed by atoms with Crippen LogP contribution in [0.25, 0.3) is 0 Å². The van der Waals surface area contributed by atoms with Crippen molar-refractivity contribution < 1.29 is 9.53 Å². The van der Waals surface area contributed by atoms with Gasteiger partial charge in [0.25, 0.3) is 5.91 Å². The van der Waals surface area contributed by atoms with Crippen molar-refractivity contribution >= 4 is 11.9 Å². The summed E-state index contributed by atoms with van der Waals surface area (Å²) < 4.78 is 5.24. The standard InChI is InChI=1S/C15H26N4O2/c1-5-19(6-2)15-17-12(4)11-13(18-15)14(20)16-9-8-10-21-7-3/h11H,5-10H2,1-4H3,(H,16,20). The fourth-order valence-electron chi connectivity index (χ4n) is 1.93. The van der Waals surface area contributed by atoms with E-state index in [9.17, 15) is 4.79 Å². The topological polar surface area (TPSA) is 67.3 Å². The summed E-state index contributed by atoms with van der Waals surface area (Å²) in [6.45, 7) is 11.5. The molecule has 0 aliphatic carbocycles. The monoisotopic (exact) mass is 294 g/mol. The Labute approximate surface area is 126 Å². The largest absolute Gasteiger partial charge is 0.382 e. The summed E-state index contributed by atoms with van der Waals surface area (Å²) in [5.74, 6) is 0.449. The van der Waals surface area contributed by atoms with E-state index in [1.807, 2.05) is 32.6 Å². The molecule has 1 aromatic heterocycles. The zero-order chi connectivity index (χ0) is 15.7. The highest BCUT2D eigenvalue weighted by molar-refractivity contribution is 5.92. The van der Waals surface area contributed by atoms with E-state index in [4.69, 9.17) is 4.74 Å². The van der Waals surface area contributed by atoms with Gasteiger partial charge >= 0.3 is 0 Å². The number of carbonyl (C=O) groups excluding carboxylic acids is 1. The van der Waals surface area contributed by atoms with Crippen LogP contribution in [0.3, 0.4) is 0 Å². The highest BCUT2D eigenvalue weighted by Gasteiger charge is 2.12. The molecule has 1 amide bonds. The van der Waals surface area contributed by atoms with Crippen molar-refractivity contribution in [2.75, 3.05) is 37.7 Å². The van der Waals surface area contributed by atoms with Crippen molar-refractivity contribution in [1.82, 2.24) is 15.3 Å². The summed E-state index contributed by atoms with van der Waals surface area (Å²) in [5.41, 5.74) is 1.21. The third-order valence-electron chi connectivity index (χ3n) is 3.08. The van der Waals surface area contributed by atoms with Crippen LogP contribution in [0, 0.1) is 6.92 Å². The van der Waals surface area contributed by atoms with Gasteiger partial charge in [-0.3, -0.25) is 4.79 Å². The van der Waals surface area contributed by atoms with E-state index in [0.717, 1.165) is 25.2 Å². The second-order valence-electron chi connectivity index (χ2n) is 4.67. The molecule has 0 fully saturated rings. The van der Waals surface area contributed by atoms with Crippen LogP contribution in [0.15, 0.2) is 6.07 Å². The summed E-state index contributed by atoms with van der Waals surface area (Å²) >= 11 is 0. The average molecular weight is 294 g/mol. The molecule has 1 heterocycles. The minimum absolute atomic E-state index is 0.162. The van der Waals surface area contributed by atoms with E-state index in [2.05, 4.69) is 15.3 Å². The summed E-state index contributed by atoms with van der Waals surface area (Å²) in [7, 11) is 0. The Kier molecular flexibility index (Phi) is 7.68. The average Bonchev–Trinajstić information content (AvgIpc) is 2.47. The number of carbonyl (C=O) groups is 1. The van der Waals surface area contributed by atoms with Crippen molar-refractivity contribution in [2.24, 2.45) is 0 Å². The molecule has 0 saturated heterocycles. The molecule has 0 aliphatic heterocycles. The second-order valence-corrected chi connectivity index (χ2v) is 4.67. The number of aryl methyl sites for hydroxylation is 1. The van der Waals surface area contributed by atoms with Crippen molar-refractivity contribution in [3.63, 3.8) is 0 Å². The Morgan fingerprint density at radius 3 is 2.62 bits per heavy atom. The Balaban J connectivity index is 2.67. The maximum absolute atomic E-state index is 12.1. The van der Waals surface area contributed by atoms with Crippen LogP contribution >= 0.6 is 0 Å². The van der Waals surface area contributed by atoms with Gasteiger partial charge in [-0.2, -0.15) is 0 Å². The molecule has 0 radical (unpaired) electrons. The van der Waals surface area contributed by atoms with Gasteiger partial charge in [0.15, 0.2) is 0 Å². The quantitative estimate of drug-likeness (QED) is 0.703. The minimum Gasteiger partial charge on any atom is -0.382 e. The lowest BCUT2D eigenvalue weighted by atomic mass is 10.3. The van der Waals surface area contributed by atoms with Gasteiger partial charge in [-0.1, -0.05) is 0 Å². The van der Waals surface area contributed by atoms with Gasteiger partial charge in [0.2, 0.25) is 5.95 Å². The van der Waals surface area contributed by atoms with Crippen LogP contribution in [-0.2, 0) is 4.74 Å². The molecule has 21 heavy (non-hydrogen) atoms. The Morgan fingerprint density at radius 1 is 1.29 bits per heavy atom. The lowest BCUT2D eigenvalue weighted by Gasteiger charge is -2.19. The molecule has 6 heteroatoms. The molecule has 0 bridgehead atoms. The normalized spacial score (nSPS) is 10.5. The SMILES string of the molecule is CCOCCCNC(=O)c1cc(C)nc(N(CC)CC)n1. The van der Waals surface area contributed by atoms with Crippen molar-refractivity contribution in [3.05, 3.63) is 17.5 Å². The van der Waals surface area contributed by atoms with E-state index in [-0.39, 0.29) is 5.91 Å². The van der Waals surface area contributed by atoms with E-state index in [1.165, 1.54) is 0 Å². The molecule has 1 N–H and O–H groups in total. The highest BCUT2D eigenvalue weighted by Crippen LogP contribution is 2.10. The van der Waals surface area contributed by atoms with Crippen LogP contribution in [-0.4, -0.2) is 48.7 Å². The fourth-order valence-corrected chi connectivity index (χ4v) is 1.93. The van der Waals surface area contributed by atoms with Gasteiger partial charge < -0.3 is 15.0 Å². The summed E-state index contributed by atoms with van der Waals surface area (Å²) in [6.07, 6.45) is 0.798. The van der Waals surface area contributed by atoms with E-state index in [1.54, 1.807) is 6.07 Å². The molecule has 0 aliphatic rings. The molecule has 0 atom stereocenters. The lowest BCUT2D eigenvalue weighted by Crippen LogP contribution is -2.29. The molecular weight excluding hydrogens is 268 g/mol. The van der Waals surface area contributed by atoms with Gasteiger partial charge in [-0.05, 0) is 40.2 Å². The maximum atomic E-state index is 12.1. The number of aromatic nitrogens is 2. The highest BCUT2D eigenvalue weighted by atomic mass is 16.5. The van der Waals surface area contributed by atoms with Crippen molar-refractivity contribution in [2.45, 2.75) is 34.1 Å². The van der Waals surface area contributed by atoms with Gasteiger partial charge in [-0.15, -0.1) is 0 Å². The number of hydrogen-bond acceptors (Lipinski definition) is 5. The van der Waals surface area contributed by atoms with E-state index in [0.29, 0.717) is 31.4 Å². The molecule has 0 aromatic carbocycles. The number of rotatable bonds is 9. The molecule has 0 spiro atoms. The Hall–Kier alpha value is -1.69. The molecular formula is C15H26N4O2. The van der Waals surface area contributed by atoms with Crippen molar-refractivity contribution in [1.29, 1.82) is 0 Å². The number of ether oxygens (including phenoxy) is 1. The van der Waals surface area contributed by atoms with Crippen molar-refractivity contribution in [3.8, 4) is 0 Å². The molecule has 1 aromatic rings. The predicted molar refractivity (Wildman–Crippen MR) is 83.8 cm³/mol. The van der Waals surface area contributed by atoms with Crippen LogP contribution in [0.5, 0.6) is 0 Å². The van der Waals surface area contributed by atoms with Gasteiger partial charge in [0.05, 0.1) is 0 Å². The first kappa shape index (κ1) is 17.4. The first-order valence-electron chi connectivity index (χ1n) is 7.58. The van der Waals surface area contributed by atoms with Crippen LogP contribution in [0.2, 0.25) is 0 Å². The molecule has 6 nitrogen and oxygen atoms in total. The third-order valence-corrected chi connectivity index (χ3v) is 3.08. The van der Waals surface area contributed by atoms with Crippen LogP contribution in [0.4, 0.5) is 5.95 Å². The van der Waals surface area contributed by atoms with Gasteiger partial charge in [0, 0.05) is 38.5 Å².